The number of thiocarbonyl (C=S) groups is 1. The van der Waals surface area contributed by atoms with E-state index < -0.39 is 0 Å². The topological polar surface area (TPSA) is 45.2 Å². The average molecular weight is 380 g/mol. The summed E-state index contributed by atoms with van der Waals surface area (Å²) in [6.07, 6.45) is 2.36. The Labute approximate surface area is 156 Å². The first kappa shape index (κ1) is 17.6. The van der Waals surface area contributed by atoms with Crippen LogP contribution < -0.4 is 5.32 Å². The van der Waals surface area contributed by atoms with Gasteiger partial charge in [-0.05, 0) is 43.4 Å². The van der Waals surface area contributed by atoms with E-state index in [9.17, 15) is 4.79 Å². The third-order valence-electron chi connectivity index (χ3n) is 4.16. The molecule has 1 fully saturated rings. The molecule has 0 aliphatic carbocycles. The lowest BCUT2D eigenvalue weighted by Gasteiger charge is -2.31. The van der Waals surface area contributed by atoms with E-state index >= 15 is 0 Å². The van der Waals surface area contributed by atoms with Crippen LogP contribution in [0.5, 0.6) is 0 Å². The van der Waals surface area contributed by atoms with Crippen LogP contribution in [-0.4, -0.2) is 39.0 Å². The van der Waals surface area contributed by atoms with Crippen molar-refractivity contribution in [1.82, 2.24) is 9.88 Å². The number of nitrogens with zero attached hydrogens (tertiary/aromatic N) is 2. The molecule has 2 aromatic rings. The van der Waals surface area contributed by atoms with Gasteiger partial charge in [0.15, 0.2) is 5.13 Å². The third kappa shape index (κ3) is 4.46. The molecule has 0 spiro atoms. The number of thiazole rings is 1. The standard InChI is InChI=1S/C17H21N3OS3/c1-11-5-7-20(8-6-11)17(22)23-10-15(21)19-16-18-13-4-3-12(2)9-14(13)24-16/h3-4,9,11H,5-8,10H2,1-2H3,(H,18,19,21). The van der Waals surface area contributed by atoms with Gasteiger partial charge >= 0.3 is 0 Å². The van der Waals surface area contributed by atoms with Gasteiger partial charge in [0.2, 0.25) is 5.91 Å². The molecule has 1 aromatic carbocycles. The van der Waals surface area contributed by atoms with Crippen molar-refractivity contribution in [2.75, 3.05) is 24.2 Å². The zero-order chi connectivity index (χ0) is 17.1. The number of thioether (sulfide) groups is 1. The van der Waals surface area contributed by atoms with Crippen LogP contribution in [0.3, 0.4) is 0 Å². The molecular formula is C17H21N3OS3. The zero-order valence-electron chi connectivity index (χ0n) is 13.9. The van der Waals surface area contributed by atoms with Gasteiger partial charge in [0.25, 0.3) is 0 Å². The van der Waals surface area contributed by atoms with E-state index in [-0.39, 0.29) is 5.91 Å². The van der Waals surface area contributed by atoms with Gasteiger partial charge < -0.3 is 10.2 Å². The van der Waals surface area contributed by atoms with E-state index in [1.165, 1.54) is 41.5 Å². The van der Waals surface area contributed by atoms with Crippen LogP contribution in [0.15, 0.2) is 18.2 Å². The molecule has 2 heterocycles. The highest BCUT2D eigenvalue weighted by molar-refractivity contribution is 8.23. The highest BCUT2D eigenvalue weighted by Crippen LogP contribution is 2.27. The van der Waals surface area contributed by atoms with Crippen molar-refractivity contribution in [2.45, 2.75) is 26.7 Å². The van der Waals surface area contributed by atoms with Crippen LogP contribution >= 0.6 is 35.3 Å². The Kier molecular flexibility index (Phi) is 5.73. The van der Waals surface area contributed by atoms with Gasteiger partial charge in [-0.15, -0.1) is 0 Å². The summed E-state index contributed by atoms with van der Waals surface area (Å²) in [5.41, 5.74) is 2.12. The van der Waals surface area contributed by atoms with Crippen molar-refractivity contribution in [1.29, 1.82) is 0 Å². The maximum Gasteiger partial charge on any atom is 0.236 e. The van der Waals surface area contributed by atoms with Crippen molar-refractivity contribution in [3.63, 3.8) is 0 Å². The number of amides is 1. The summed E-state index contributed by atoms with van der Waals surface area (Å²) in [6.45, 7) is 6.34. The first-order valence-electron chi connectivity index (χ1n) is 8.10. The maximum atomic E-state index is 12.2. The highest BCUT2D eigenvalue weighted by atomic mass is 32.2. The molecule has 4 nitrogen and oxygen atoms in total. The number of rotatable bonds is 3. The molecule has 1 saturated heterocycles. The number of anilines is 1. The molecule has 0 saturated carbocycles. The number of hydrogen-bond donors (Lipinski definition) is 1. The largest absolute Gasteiger partial charge is 0.357 e. The number of likely N-dealkylation sites (tertiary alicyclic amines) is 1. The van der Waals surface area contributed by atoms with Gasteiger partial charge in [-0.25, -0.2) is 4.98 Å². The van der Waals surface area contributed by atoms with Crippen LogP contribution in [0, 0.1) is 12.8 Å². The molecular weight excluding hydrogens is 358 g/mol. The molecule has 7 heteroatoms. The molecule has 128 valence electrons. The number of piperidine rings is 1. The Hall–Kier alpha value is -1.18. The van der Waals surface area contributed by atoms with E-state index in [0.29, 0.717) is 10.9 Å². The van der Waals surface area contributed by atoms with E-state index in [2.05, 4.69) is 35.1 Å². The van der Waals surface area contributed by atoms with Crippen LogP contribution in [0.25, 0.3) is 10.2 Å². The first-order chi connectivity index (χ1) is 11.5. The predicted molar refractivity (Wildman–Crippen MR) is 108 cm³/mol. The minimum absolute atomic E-state index is 0.0523. The Balaban J connectivity index is 1.50. The summed E-state index contributed by atoms with van der Waals surface area (Å²) in [6, 6.07) is 6.10. The van der Waals surface area contributed by atoms with Gasteiger partial charge in [0, 0.05) is 13.1 Å². The molecule has 1 aliphatic rings. The summed E-state index contributed by atoms with van der Waals surface area (Å²) in [5, 5.41) is 3.54. The molecule has 0 bridgehead atoms. The van der Waals surface area contributed by atoms with Gasteiger partial charge in [-0.3, -0.25) is 4.79 Å². The molecule has 3 rings (SSSR count). The second kappa shape index (κ2) is 7.80. The smallest absolute Gasteiger partial charge is 0.236 e. The van der Waals surface area contributed by atoms with Crippen LogP contribution in [0.1, 0.15) is 25.3 Å². The van der Waals surface area contributed by atoms with Crippen LogP contribution in [-0.2, 0) is 4.79 Å². The molecule has 1 N–H and O–H groups in total. The second-order valence-corrected chi connectivity index (χ2v) is 8.90. The van der Waals surface area contributed by atoms with Gasteiger partial charge in [-0.1, -0.05) is 48.3 Å². The first-order valence-corrected chi connectivity index (χ1v) is 10.3. The fourth-order valence-electron chi connectivity index (χ4n) is 2.65. The Morgan fingerprint density at radius 3 is 2.96 bits per heavy atom. The Morgan fingerprint density at radius 2 is 2.21 bits per heavy atom. The summed E-state index contributed by atoms with van der Waals surface area (Å²) >= 11 is 8.41. The highest BCUT2D eigenvalue weighted by Gasteiger charge is 2.19. The number of benzene rings is 1. The Morgan fingerprint density at radius 1 is 1.46 bits per heavy atom. The van der Waals surface area contributed by atoms with Crippen molar-refractivity contribution in [3.8, 4) is 0 Å². The normalized spacial score (nSPS) is 15.7. The maximum absolute atomic E-state index is 12.2. The molecule has 1 aliphatic heterocycles. The molecule has 0 atom stereocenters. The minimum atomic E-state index is -0.0523. The van der Waals surface area contributed by atoms with Crippen molar-refractivity contribution < 1.29 is 4.79 Å². The van der Waals surface area contributed by atoms with Crippen molar-refractivity contribution in [3.05, 3.63) is 23.8 Å². The average Bonchev–Trinajstić information content (AvgIpc) is 2.94. The van der Waals surface area contributed by atoms with Gasteiger partial charge in [-0.2, -0.15) is 0 Å². The number of nitrogens with one attached hydrogen (secondary N) is 1. The summed E-state index contributed by atoms with van der Waals surface area (Å²) < 4.78 is 1.92. The zero-order valence-corrected chi connectivity index (χ0v) is 16.3. The van der Waals surface area contributed by atoms with Gasteiger partial charge in [0.05, 0.1) is 16.0 Å². The van der Waals surface area contributed by atoms with E-state index in [4.69, 9.17) is 12.2 Å². The van der Waals surface area contributed by atoms with Crippen LogP contribution in [0.2, 0.25) is 0 Å². The van der Waals surface area contributed by atoms with Crippen molar-refractivity contribution >= 4 is 60.9 Å². The number of hydrogen-bond acceptors (Lipinski definition) is 5. The van der Waals surface area contributed by atoms with Crippen LogP contribution in [0.4, 0.5) is 5.13 Å². The lowest BCUT2D eigenvalue weighted by atomic mass is 10.00. The summed E-state index contributed by atoms with van der Waals surface area (Å²) in [7, 11) is 0. The van der Waals surface area contributed by atoms with E-state index in [1.807, 2.05) is 12.1 Å². The van der Waals surface area contributed by atoms with E-state index in [1.54, 1.807) is 0 Å². The number of fused-ring (bicyclic) bond motifs is 1. The molecule has 0 unspecified atom stereocenters. The quantitative estimate of drug-likeness (QED) is 0.806. The molecule has 1 amide bonds. The Bertz CT molecular complexity index is 751. The number of carbonyl (C=O) groups is 1. The van der Waals surface area contributed by atoms with Gasteiger partial charge in [0.1, 0.15) is 4.32 Å². The van der Waals surface area contributed by atoms with E-state index in [0.717, 1.165) is 33.5 Å². The lowest BCUT2D eigenvalue weighted by Crippen LogP contribution is -2.36. The fourth-order valence-corrected chi connectivity index (χ4v) is 4.68. The predicted octanol–water partition coefficient (Wildman–Crippen LogP) is 4.29. The SMILES string of the molecule is Cc1ccc2nc(NC(=O)CSC(=S)N3CCC(C)CC3)sc2c1. The second-order valence-electron chi connectivity index (χ2n) is 6.26. The third-order valence-corrected chi connectivity index (χ3v) is 6.62. The molecule has 1 aromatic heterocycles. The molecule has 24 heavy (non-hydrogen) atoms. The summed E-state index contributed by atoms with van der Waals surface area (Å²) in [5.74, 6) is 1.06. The minimum Gasteiger partial charge on any atom is -0.357 e. The summed E-state index contributed by atoms with van der Waals surface area (Å²) in [4.78, 5) is 18.8. The monoisotopic (exact) mass is 379 g/mol. The fraction of sp³-hybridized carbons (Fsp3) is 0.471. The molecule has 0 radical (unpaired) electrons. The number of aromatic nitrogens is 1. The number of carbonyl (C=O) groups excluding carboxylic acids is 1. The number of aryl methyl sites for hydroxylation is 1. The van der Waals surface area contributed by atoms with Crippen molar-refractivity contribution in [2.24, 2.45) is 5.92 Å². The lowest BCUT2D eigenvalue weighted by molar-refractivity contribution is -0.113.